The zero-order valence-electron chi connectivity index (χ0n) is 15.6. The van der Waals surface area contributed by atoms with E-state index in [0.29, 0.717) is 16.9 Å². The zero-order chi connectivity index (χ0) is 20.6. The van der Waals surface area contributed by atoms with Gasteiger partial charge in [-0.25, -0.2) is 0 Å². The van der Waals surface area contributed by atoms with E-state index >= 15 is 0 Å². The van der Waals surface area contributed by atoms with Gasteiger partial charge in [0.25, 0.3) is 5.69 Å². The number of hydrogen-bond acceptors (Lipinski definition) is 7. The van der Waals surface area contributed by atoms with Gasteiger partial charge in [-0.1, -0.05) is 30.3 Å². The molecule has 152 valence electrons. The van der Waals surface area contributed by atoms with E-state index in [-0.39, 0.29) is 51.0 Å². The minimum absolute atomic E-state index is 0.0123. The van der Waals surface area contributed by atoms with E-state index in [1.807, 2.05) is 30.3 Å². The van der Waals surface area contributed by atoms with Crippen LogP contribution in [-0.2, 0) is 38.7 Å². The molecular weight excluding hydrogens is 380 g/mol. The third-order valence-corrected chi connectivity index (χ3v) is 4.23. The third kappa shape index (κ3) is 5.76. The predicted molar refractivity (Wildman–Crippen MR) is 101 cm³/mol. The van der Waals surface area contributed by atoms with Crippen LogP contribution in [0.2, 0.25) is 0 Å². The van der Waals surface area contributed by atoms with Gasteiger partial charge in [0.15, 0.2) is 6.79 Å². The summed E-state index contributed by atoms with van der Waals surface area (Å²) >= 11 is 0. The molecule has 1 aliphatic heterocycles. The number of nitro groups is 1. The Kier molecular flexibility index (Phi) is 6.75. The Bertz CT molecular complexity index is 899. The molecule has 0 aliphatic carbocycles. The lowest BCUT2D eigenvalue weighted by atomic mass is 10.1. The molecule has 9 heteroatoms. The fraction of sp³-hybridized carbons (Fsp3) is 0.300. The number of hydrogen-bond donors (Lipinski definition) is 1. The van der Waals surface area contributed by atoms with E-state index in [9.17, 15) is 19.7 Å². The van der Waals surface area contributed by atoms with Crippen LogP contribution < -0.4 is 10.1 Å². The molecule has 29 heavy (non-hydrogen) atoms. The van der Waals surface area contributed by atoms with Crippen molar-refractivity contribution in [2.75, 3.05) is 13.3 Å². The molecule has 3 rings (SSSR count). The van der Waals surface area contributed by atoms with Crippen LogP contribution in [0.25, 0.3) is 0 Å². The molecule has 0 radical (unpaired) electrons. The number of benzene rings is 2. The Balaban J connectivity index is 1.48. The number of nitrogens with one attached hydrogen (secondary N) is 1. The molecule has 0 spiro atoms. The number of amides is 1. The van der Waals surface area contributed by atoms with Crippen LogP contribution in [-0.4, -0.2) is 30.1 Å². The summed E-state index contributed by atoms with van der Waals surface area (Å²) in [7, 11) is 0. The van der Waals surface area contributed by atoms with Gasteiger partial charge in [0.1, 0.15) is 12.4 Å². The number of nitro benzene ring substituents is 1. The van der Waals surface area contributed by atoms with Crippen molar-refractivity contribution in [3.8, 4) is 5.75 Å². The smallest absolute Gasteiger partial charge is 0.307 e. The van der Waals surface area contributed by atoms with Crippen LogP contribution in [0.5, 0.6) is 5.75 Å². The summed E-state index contributed by atoms with van der Waals surface area (Å²) in [6.07, 6.45) is 0.219. The first kappa shape index (κ1) is 20.3. The van der Waals surface area contributed by atoms with E-state index < -0.39 is 10.9 Å². The van der Waals surface area contributed by atoms with Crippen LogP contribution in [0.15, 0.2) is 42.5 Å². The van der Waals surface area contributed by atoms with E-state index in [0.717, 1.165) is 5.56 Å². The summed E-state index contributed by atoms with van der Waals surface area (Å²) in [5, 5.41) is 13.8. The van der Waals surface area contributed by atoms with Gasteiger partial charge >= 0.3 is 5.97 Å². The molecule has 0 fully saturated rings. The topological polar surface area (TPSA) is 117 Å². The standard InChI is InChI=1S/C20H20N2O7/c23-18(8-14-4-2-1-3-5-14)21-7-6-19(24)28-12-16-10-17(22(25)26)9-15-11-27-13-29-20(15)16/h1-5,9-10H,6-8,11-13H2,(H,21,23). The van der Waals surface area contributed by atoms with Crippen LogP contribution in [0.4, 0.5) is 5.69 Å². The van der Waals surface area contributed by atoms with Crippen LogP contribution in [0.3, 0.4) is 0 Å². The Hall–Kier alpha value is -3.46. The minimum Gasteiger partial charge on any atom is -0.467 e. The Morgan fingerprint density at radius 1 is 1.21 bits per heavy atom. The molecule has 0 aromatic heterocycles. The van der Waals surface area contributed by atoms with Crippen molar-refractivity contribution in [1.29, 1.82) is 0 Å². The molecule has 0 unspecified atom stereocenters. The summed E-state index contributed by atoms with van der Waals surface area (Å²) in [5.74, 6) is -0.284. The number of rotatable bonds is 8. The van der Waals surface area contributed by atoms with Crippen molar-refractivity contribution in [3.05, 3.63) is 69.3 Å². The van der Waals surface area contributed by atoms with E-state index in [1.165, 1.54) is 12.1 Å². The van der Waals surface area contributed by atoms with Gasteiger partial charge in [0.05, 0.1) is 24.4 Å². The second-order valence-electron chi connectivity index (χ2n) is 6.38. The lowest BCUT2D eigenvalue weighted by Crippen LogP contribution is -2.27. The third-order valence-electron chi connectivity index (χ3n) is 4.23. The summed E-state index contributed by atoms with van der Waals surface area (Å²) in [6.45, 7) is 0.188. The van der Waals surface area contributed by atoms with Crippen molar-refractivity contribution < 1.29 is 28.7 Å². The number of non-ortho nitro benzene ring substituents is 1. The van der Waals surface area contributed by atoms with Crippen LogP contribution >= 0.6 is 0 Å². The normalized spacial score (nSPS) is 12.4. The van der Waals surface area contributed by atoms with E-state index in [1.54, 1.807) is 0 Å². The maximum Gasteiger partial charge on any atom is 0.307 e. The number of ether oxygens (including phenoxy) is 3. The molecule has 1 heterocycles. The Morgan fingerprint density at radius 3 is 2.76 bits per heavy atom. The maximum absolute atomic E-state index is 12.0. The second-order valence-corrected chi connectivity index (χ2v) is 6.38. The molecule has 0 bridgehead atoms. The molecule has 1 aliphatic rings. The first-order chi connectivity index (χ1) is 14.0. The van der Waals surface area contributed by atoms with Gasteiger partial charge in [-0.05, 0) is 5.56 Å². The molecule has 2 aromatic rings. The van der Waals surface area contributed by atoms with Gasteiger partial charge in [-0.2, -0.15) is 0 Å². The Labute approximate surface area is 166 Å². The summed E-state index contributed by atoms with van der Waals surface area (Å²) < 4.78 is 15.7. The molecular formula is C20H20N2O7. The van der Waals surface area contributed by atoms with Crippen molar-refractivity contribution in [3.63, 3.8) is 0 Å². The molecule has 2 aromatic carbocycles. The molecule has 1 amide bonds. The number of esters is 1. The van der Waals surface area contributed by atoms with Gasteiger partial charge in [0, 0.05) is 29.8 Å². The fourth-order valence-corrected chi connectivity index (χ4v) is 2.87. The molecule has 0 atom stereocenters. The van der Waals surface area contributed by atoms with Gasteiger partial charge < -0.3 is 19.5 Å². The quantitative estimate of drug-likeness (QED) is 0.410. The van der Waals surface area contributed by atoms with E-state index in [4.69, 9.17) is 14.2 Å². The molecule has 0 saturated carbocycles. The second kappa shape index (κ2) is 9.65. The van der Waals surface area contributed by atoms with Gasteiger partial charge in [0.2, 0.25) is 5.91 Å². The number of carbonyl (C=O) groups excluding carboxylic acids is 2. The number of fused-ring (bicyclic) bond motifs is 1. The summed E-state index contributed by atoms with van der Waals surface area (Å²) in [5.41, 5.74) is 1.69. The number of nitrogens with zero attached hydrogens (tertiary/aromatic N) is 1. The highest BCUT2D eigenvalue weighted by atomic mass is 16.7. The van der Waals surface area contributed by atoms with Crippen molar-refractivity contribution in [2.45, 2.75) is 26.1 Å². The largest absolute Gasteiger partial charge is 0.467 e. The highest BCUT2D eigenvalue weighted by Gasteiger charge is 2.21. The predicted octanol–water partition coefficient (Wildman–Crippen LogP) is 2.25. The Morgan fingerprint density at radius 2 is 2.00 bits per heavy atom. The van der Waals surface area contributed by atoms with Crippen molar-refractivity contribution >= 4 is 17.6 Å². The molecule has 0 saturated heterocycles. The van der Waals surface area contributed by atoms with Gasteiger partial charge in [-0.15, -0.1) is 0 Å². The highest BCUT2D eigenvalue weighted by Crippen LogP contribution is 2.33. The molecule has 9 nitrogen and oxygen atoms in total. The van der Waals surface area contributed by atoms with E-state index in [2.05, 4.69) is 5.32 Å². The fourth-order valence-electron chi connectivity index (χ4n) is 2.87. The zero-order valence-corrected chi connectivity index (χ0v) is 15.6. The first-order valence-electron chi connectivity index (χ1n) is 9.00. The lowest BCUT2D eigenvalue weighted by molar-refractivity contribution is -0.385. The SMILES string of the molecule is O=C(Cc1ccccc1)NCCC(=O)OCc1cc([N+](=O)[O-])cc2c1OCOC2. The highest BCUT2D eigenvalue weighted by molar-refractivity contribution is 5.79. The van der Waals surface area contributed by atoms with Crippen molar-refractivity contribution in [2.24, 2.45) is 0 Å². The monoisotopic (exact) mass is 400 g/mol. The minimum atomic E-state index is -0.530. The average Bonchev–Trinajstić information content (AvgIpc) is 2.72. The average molecular weight is 400 g/mol. The summed E-state index contributed by atoms with van der Waals surface area (Å²) in [4.78, 5) is 34.4. The number of carbonyl (C=O) groups is 2. The van der Waals surface area contributed by atoms with Crippen LogP contribution in [0.1, 0.15) is 23.1 Å². The van der Waals surface area contributed by atoms with Gasteiger partial charge in [-0.3, -0.25) is 19.7 Å². The molecule has 1 N–H and O–H groups in total. The van der Waals surface area contributed by atoms with Crippen LogP contribution in [0, 0.1) is 10.1 Å². The summed E-state index contributed by atoms with van der Waals surface area (Å²) in [6, 6.07) is 12.0. The van der Waals surface area contributed by atoms with Crippen molar-refractivity contribution in [1.82, 2.24) is 5.32 Å². The lowest BCUT2D eigenvalue weighted by Gasteiger charge is -2.20. The first-order valence-corrected chi connectivity index (χ1v) is 9.00. The maximum atomic E-state index is 12.0.